The van der Waals surface area contributed by atoms with Gasteiger partial charge in [-0.2, -0.15) is 0 Å². The van der Waals surface area contributed by atoms with Crippen molar-refractivity contribution in [2.24, 2.45) is 10.8 Å². The number of hydrogen-bond donors (Lipinski definition) is 0. The summed E-state index contributed by atoms with van der Waals surface area (Å²) in [6, 6.07) is 0. The van der Waals surface area contributed by atoms with Crippen LogP contribution in [0.3, 0.4) is 0 Å². The van der Waals surface area contributed by atoms with Crippen molar-refractivity contribution >= 4 is 47.8 Å². The number of hydrogen-bond acceptors (Lipinski definition) is 16. The van der Waals surface area contributed by atoms with Gasteiger partial charge in [-0.25, -0.2) is 0 Å². The molecule has 16 heteroatoms. The van der Waals surface area contributed by atoms with E-state index in [0.29, 0.717) is 0 Å². The van der Waals surface area contributed by atoms with E-state index in [9.17, 15) is 38.4 Å². The van der Waals surface area contributed by atoms with Crippen molar-refractivity contribution in [3.63, 3.8) is 0 Å². The smallest absolute Gasteiger partial charge is 0.306 e. The van der Waals surface area contributed by atoms with E-state index >= 15 is 0 Å². The Balaban J connectivity index is 2.60. The molecule has 0 atom stereocenters. The van der Waals surface area contributed by atoms with Gasteiger partial charge < -0.3 is 37.9 Å². The minimum atomic E-state index is -0.742. The molecule has 272 valence electrons. The average molecular weight is 689 g/mol. The molecule has 16 nitrogen and oxygen atoms in total. The van der Waals surface area contributed by atoms with Gasteiger partial charge >= 0.3 is 47.8 Å². The first-order chi connectivity index (χ1) is 22.6. The first kappa shape index (κ1) is 41.8. The highest BCUT2D eigenvalue weighted by Gasteiger charge is 2.25. The number of carbonyl (C=O) groups is 8. The van der Waals surface area contributed by atoms with E-state index in [1.165, 1.54) is 0 Å². The fourth-order valence-corrected chi connectivity index (χ4v) is 3.44. The SMILES string of the molecule is CC1(C)COC(=O)CCC(=O)OCCCOC(=O)CCC(=O)OCC(C)(C)COC(=O)CCC(=O)OCCCOC(=O)CCC(=O)OC1. The van der Waals surface area contributed by atoms with Gasteiger partial charge in [-0.1, -0.05) is 27.7 Å². The Morgan fingerprint density at radius 3 is 0.667 bits per heavy atom. The normalized spacial score (nSPS) is 22.2. The van der Waals surface area contributed by atoms with Crippen LogP contribution in [0, 0.1) is 10.8 Å². The highest BCUT2D eigenvalue weighted by atomic mass is 16.6. The molecule has 1 heterocycles. The topological polar surface area (TPSA) is 210 Å². The zero-order valence-corrected chi connectivity index (χ0v) is 28.3. The van der Waals surface area contributed by atoms with Crippen LogP contribution in [-0.2, 0) is 76.3 Å². The van der Waals surface area contributed by atoms with E-state index in [1.807, 2.05) is 0 Å². The van der Waals surface area contributed by atoms with Gasteiger partial charge in [0.25, 0.3) is 0 Å². The molecule has 1 aliphatic rings. The van der Waals surface area contributed by atoms with Crippen LogP contribution in [0.2, 0.25) is 0 Å². The lowest BCUT2D eigenvalue weighted by Gasteiger charge is -2.23. The van der Waals surface area contributed by atoms with Gasteiger partial charge in [0.05, 0.1) is 104 Å². The first-order valence-corrected chi connectivity index (χ1v) is 15.8. The maximum absolute atomic E-state index is 12.1. The molecule has 0 aliphatic carbocycles. The van der Waals surface area contributed by atoms with Gasteiger partial charge in [-0.05, 0) is 0 Å². The second-order valence-electron chi connectivity index (χ2n) is 12.6. The van der Waals surface area contributed by atoms with Crippen LogP contribution in [0.25, 0.3) is 0 Å². The Hall–Kier alpha value is -4.24. The van der Waals surface area contributed by atoms with Crippen molar-refractivity contribution in [3.8, 4) is 0 Å². The Morgan fingerprint density at radius 2 is 0.479 bits per heavy atom. The fraction of sp³-hybridized carbons (Fsp3) is 0.750. The summed E-state index contributed by atoms with van der Waals surface area (Å²) in [5, 5.41) is 0. The van der Waals surface area contributed by atoms with Crippen molar-refractivity contribution in [2.45, 2.75) is 91.9 Å². The minimum absolute atomic E-state index is 0.0525. The lowest BCUT2D eigenvalue weighted by molar-refractivity contribution is -0.157. The molecule has 0 saturated carbocycles. The Labute approximate surface area is 279 Å². The van der Waals surface area contributed by atoms with Crippen LogP contribution in [0.4, 0.5) is 0 Å². The van der Waals surface area contributed by atoms with Crippen LogP contribution < -0.4 is 0 Å². The lowest BCUT2D eigenvalue weighted by atomic mass is 9.96. The van der Waals surface area contributed by atoms with E-state index in [4.69, 9.17) is 37.9 Å². The molecular weight excluding hydrogens is 640 g/mol. The van der Waals surface area contributed by atoms with Gasteiger partial charge in [0, 0.05) is 23.7 Å². The van der Waals surface area contributed by atoms with Crippen molar-refractivity contribution in [3.05, 3.63) is 0 Å². The molecule has 1 rings (SSSR count). The molecule has 1 fully saturated rings. The molecular formula is C32H48O16. The van der Waals surface area contributed by atoms with Crippen LogP contribution >= 0.6 is 0 Å². The zero-order chi connectivity index (χ0) is 36.0. The second kappa shape index (κ2) is 22.4. The average Bonchev–Trinajstić information content (AvgIpc) is 3.03. The second-order valence-corrected chi connectivity index (χ2v) is 12.6. The standard InChI is InChI=1S/C32H48O16/c1-31(2)19-45-27(37)11-7-23(33)41-15-5-17-43-25(35)9-13-29(39)47-21-32(3,4)22-48-30(40)14-10-26(36)44-18-6-16-42-24(34)8-12-28(38)46-20-31/h5-22H2,1-4H3. The van der Waals surface area contributed by atoms with Gasteiger partial charge in [-0.3, -0.25) is 38.4 Å². The van der Waals surface area contributed by atoms with Crippen LogP contribution in [0.1, 0.15) is 91.9 Å². The summed E-state index contributed by atoms with van der Waals surface area (Å²) in [5.41, 5.74) is -1.48. The maximum Gasteiger partial charge on any atom is 0.306 e. The third kappa shape index (κ3) is 22.3. The molecule has 0 aromatic carbocycles. The zero-order valence-electron chi connectivity index (χ0n) is 28.3. The summed E-state index contributed by atoms with van der Waals surface area (Å²) in [6.45, 7) is 6.22. The van der Waals surface area contributed by atoms with E-state index < -0.39 is 58.6 Å². The molecule has 1 aliphatic heterocycles. The van der Waals surface area contributed by atoms with Crippen molar-refractivity contribution < 1.29 is 76.3 Å². The highest BCUT2D eigenvalue weighted by Crippen LogP contribution is 2.18. The van der Waals surface area contributed by atoms with Gasteiger partial charge in [0.15, 0.2) is 0 Å². The summed E-state index contributed by atoms with van der Waals surface area (Å²) in [4.78, 5) is 95.9. The van der Waals surface area contributed by atoms with Gasteiger partial charge in [-0.15, -0.1) is 0 Å². The molecule has 0 bridgehead atoms. The number of rotatable bonds is 0. The Morgan fingerprint density at radius 1 is 0.312 bits per heavy atom. The van der Waals surface area contributed by atoms with Crippen molar-refractivity contribution in [2.75, 3.05) is 52.9 Å². The summed E-state index contributed by atoms with van der Waals surface area (Å²) in [7, 11) is 0. The molecule has 0 aromatic rings. The molecule has 0 amide bonds. The summed E-state index contributed by atoms with van der Waals surface area (Å²) in [5.74, 6) is -5.15. The molecule has 0 N–H and O–H groups in total. The number of ether oxygens (including phenoxy) is 8. The van der Waals surface area contributed by atoms with E-state index in [2.05, 4.69) is 0 Å². The molecule has 1 saturated heterocycles. The monoisotopic (exact) mass is 688 g/mol. The van der Waals surface area contributed by atoms with E-state index in [1.54, 1.807) is 27.7 Å². The third-order valence-electron chi connectivity index (χ3n) is 6.26. The minimum Gasteiger partial charge on any atom is -0.466 e. The number of cyclic esters (lactones) is 8. The van der Waals surface area contributed by atoms with Crippen molar-refractivity contribution in [1.82, 2.24) is 0 Å². The van der Waals surface area contributed by atoms with Crippen LogP contribution in [-0.4, -0.2) is 101 Å². The Bertz CT molecular complexity index is 943. The highest BCUT2D eigenvalue weighted by molar-refractivity contribution is 5.79. The predicted octanol–water partition coefficient (Wildman–Crippen LogP) is 2.30. The van der Waals surface area contributed by atoms with E-state index in [-0.39, 0.29) is 117 Å². The van der Waals surface area contributed by atoms with E-state index in [0.717, 1.165) is 0 Å². The number of esters is 8. The van der Waals surface area contributed by atoms with Crippen LogP contribution in [0.15, 0.2) is 0 Å². The lowest BCUT2D eigenvalue weighted by Crippen LogP contribution is -2.29. The maximum atomic E-state index is 12.1. The molecule has 48 heavy (non-hydrogen) atoms. The number of carbonyl (C=O) groups excluding carboxylic acids is 8. The molecule has 0 radical (unpaired) electrons. The largest absolute Gasteiger partial charge is 0.466 e. The summed E-state index contributed by atoms with van der Waals surface area (Å²) >= 11 is 0. The first-order valence-electron chi connectivity index (χ1n) is 15.8. The van der Waals surface area contributed by atoms with Crippen molar-refractivity contribution in [1.29, 1.82) is 0 Å². The molecule has 0 spiro atoms. The van der Waals surface area contributed by atoms with Gasteiger partial charge in [0.1, 0.15) is 0 Å². The fourth-order valence-electron chi connectivity index (χ4n) is 3.44. The summed E-state index contributed by atoms with van der Waals surface area (Å²) < 4.78 is 40.8. The molecule has 0 unspecified atom stereocenters. The Kier molecular flexibility index (Phi) is 19.5. The third-order valence-corrected chi connectivity index (χ3v) is 6.26. The van der Waals surface area contributed by atoms with Gasteiger partial charge in [0.2, 0.25) is 0 Å². The quantitative estimate of drug-likeness (QED) is 0.264. The predicted molar refractivity (Wildman–Crippen MR) is 161 cm³/mol. The summed E-state index contributed by atoms with van der Waals surface area (Å²) in [6.07, 6.45) is -1.41. The molecule has 0 aromatic heterocycles. The van der Waals surface area contributed by atoms with Crippen LogP contribution in [0.5, 0.6) is 0 Å².